The number of amides is 5. The first kappa shape index (κ1) is 74.2. The van der Waals surface area contributed by atoms with E-state index in [0.717, 1.165) is 5.52 Å². The average molecular weight is 1310 g/mol. The van der Waals surface area contributed by atoms with E-state index in [1.54, 1.807) is 30.5 Å². The van der Waals surface area contributed by atoms with Gasteiger partial charge in [0.15, 0.2) is 29.7 Å². The van der Waals surface area contributed by atoms with E-state index in [1.165, 1.54) is 69.9 Å². The molecule has 0 aliphatic heterocycles. The van der Waals surface area contributed by atoms with Crippen LogP contribution in [0.2, 0.25) is 0 Å². The van der Waals surface area contributed by atoms with Crippen LogP contribution in [-0.4, -0.2) is 147 Å². The molecule has 0 spiro atoms. The number of aromatic nitrogens is 1. The summed E-state index contributed by atoms with van der Waals surface area (Å²) in [5.74, 6) is -5.97. The van der Waals surface area contributed by atoms with Gasteiger partial charge in [-0.2, -0.15) is 0 Å². The number of aromatic amines is 1. The molecule has 95 heavy (non-hydrogen) atoms. The molecule has 25 nitrogen and oxygen atoms in total. The number of nitrogens with two attached hydrogens (primary N) is 5. The number of unbranched alkanes of at least 4 members (excludes halogenated alkanes) is 4. The number of carboxylic acid groups (broad SMARTS) is 1. The van der Waals surface area contributed by atoms with Gasteiger partial charge >= 0.3 is 5.97 Å². The quantitative estimate of drug-likeness (QED) is 0.0226. The number of carbonyl (C=O) groups excluding carboxylic acids is 9. The molecule has 16 N–H and O–H groups in total. The van der Waals surface area contributed by atoms with Crippen LogP contribution in [0.15, 0.2) is 103 Å². The summed E-state index contributed by atoms with van der Waals surface area (Å²) in [6.45, 7) is 0.506. The van der Waals surface area contributed by atoms with E-state index in [2.05, 4.69) is 26.3 Å². The van der Waals surface area contributed by atoms with Gasteiger partial charge in [-0.25, -0.2) is 4.79 Å². The molecule has 4 atom stereocenters. The Morgan fingerprint density at radius 2 is 0.737 bits per heavy atom. The molecule has 0 aliphatic carbocycles. The van der Waals surface area contributed by atoms with Crippen LogP contribution in [0.5, 0.6) is 23.0 Å². The Labute approximate surface area is 551 Å². The molecule has 6 aromatic rings. The van der Waals surface area contributed by atoms with E-state index in [-0.39, 0.29) is 102 Å². The smallest absolute Gasteiger partial charge is 0.341 e. The highest BCUT2D eigenvalue weighted by Crippen LogP contribution is 2.28. The Morgan fingerprint density at radius 3 is 1.07 bits per heavy atom. The van der Waals surface area contributed by atoms with Crippen molar-refractivity contribution in [2.45, 2.75) is 127 Å². The van der Waals surface area contributed by atoms with E-state index >= 15 is 0 Å². The molecule has 0 fully saturated rings. The second kappa shape index (κ2) is 37.8. The van der Waals surface area contributed by atoms with Gasteiger partial charge in [0.1, 0.15) is 23.0 Å². The molecule has 0 radical (unpaired) electrons. The Balaban J connectivity index is 1.19. The third kappa shape index (κ3) is 21.9. The lowest BCUT2D eigenvalue weighted by Gasteiger charge is -2.21. The minimum Gasteiger partial charge on any atom is -0.496 e. The van der Waals surface area contributed by atoms with Gasteiger partial charge in [0.25, 0.3) is 29.5 Å². The summed E-state index contributed by atoms with van der Waals surface area (Å²) >= 11 is 0. The molecule has 0 unspecified atom stereocenters. The van der Waals surface area contributed by atoms with Crippen molar-refractivity contribution in [3.63, 3.8) is 0 Å². The highest BCUT2D eigenvalue weighted by atomic mass is 16.5. The Bertz CT molecular complexity index is 3680. The fraction of sp³-hybridized carbons (Fsp3) is 0.400. The lowest BCUT2D eigenvalue weighted by molar-refractivity contribution is -0.139. The zero-order chi connectivity index (χ0) is 69.0. The van der Waals surface area contributed by atoms with Crippen molar-refractivity contribution in [2.75, 3.05) is 54.1 Å². The highest BCUT2D eigenvalue weighted by Gasteiger charge is 2.30. The van der Waals surface area contributed by atoms with Crippen molar-refractivity contribution in [3.8, 4) is 23.0 Å². The second-order valence-electron chi connectivity index (χ2n) is 23.0. The maximum atomic E-state index is 14.5. The van der Waals surface area contributed by atoms with Crippen molar-refractivity contribution in [1.82, 2.24) is 26.3 Å². The number of carboxylic acids is 1. The van der Waals surface area contributed by atoms with Gasteiger partial charge in [0.2, 0.25) is 0 Å². The van der Waals surface area contributed by atoms with Gasteiger partial charge in [0.05, 0.1) is 73.3 Å². The number of carbonyl (C=O) groups is 10. The van der Waals surface area contributed by atoms with E-state index in [4.69, 9.17) is 47.6 Å². The largest absolute Gasteiger partial charge is 0.496 e. The van der Waals surface area contributed by atoms with Crippen LogP contribution in [0.25, 0.3) is 10.9 Å². The predicted molar refractivity (Wildman–Crippen MR) is 357 cm³/mol. The van der Waals surface area contributed by atoms with Gasteiger partial charge in [-0.05, 0) is 180 Å². The monoisotopic (exact) mass is 1310 g/mol. The number of primary amides is 1. The minimum absolute atomic E-state index is 0.0110. The zero-order valence-electron chi connectivity index (χ0n) is 54.0. The average Bonchev–Trinajstić information content (AvgIpc) is 1.84. The molecule has 25 heteroatoms. The van der Waals surface area contributed by atoms with Gasteiger partial charge < -0.3 is 79.0 Å². The molecule has 1 heterocycles. The SMILES string of the molecule is COc1ccc(CC(=O)[C@H](CCCCN)NC(=O)c2cc(CC(=O)[C@H](CCCCN)NC(=O)c3cc(CC(=O)[C@H](CCCCN)NC(=O)c4cc(CC(=O)[C@H](CCCCN)NC(=O)c5c[nH]c6ccccc56)ccc4OC)ccc3OC)ccc2OCC(=O)O)cc1C(N)=O. The first-order valence-electron chi connectivity index (χ1n) is 31.7. The number of rotatable bonds is 43. The molecule has 5 amide bonds. The fourth-order valence-corrected chi connectivity index (χ4v) is 11.0. The number of methoxy groups -OCH3 is 3. The van der Waals surface area contributed by atoms with E-state index in [9.17, 15) is 53.1 Å². The van der Waals surface area contributed by atoms with Crippen molar-refractivity contribution < 1.29 is 72.0 Å². The third-order valence-electron chi connectivity index (χ3n) is 16.1. The van der Waals surface area contributed by atoms with Crippen molar-refractivity contribution in [3.05, 3.63) is 153 Å². The number of aliphatic carboxylic acids is 1. The molecule has 5 aromatic carbocycles. The molecule has 0 aliphatic rings. The van der Waals surface area contributed by atoms with E-state index in [0.29, 0.717) is 112 Å². The molecular weight excluding hydrogens is 1220 g/mol. The van der Waals surface area contributed by atoms with Crippen LogP contribution >= 0.6 is 0 Å². The standard InChI is InChI=1S/C70H88N10O15/c1-92-61-24-20-42(32-47(61)66(75)87)36-57(81)55(18-8-12-30-73)79-69(90)50-35-45(23-27-64(50)95-41-65(85)86)39-59(83)54(17-7-11-29-72)78-68(89)48-33-43(21-25-62(48)93-2)37-58(82)53(16-6-10-28-71)77-67(88)49-34-44(22-26-63(49)94-3)38-60(84)56(19-9-13-31-74)80-70(91)51-40-76-52-15-5-4-14-46(51)52/h4-5,14-15,20-27,32-35,40,53-56,76H,6-13,16-19,28-31,36-39,41,71-74H2,1-3H3,(H2,75,87)(H,77,88)(H,78,89)(H,79,90)(H,80,91)(H,85,86)/t53-,54-,55-,56-/m0/s1. The van der Waals surface area contributed by atoms with Gasteiger partial charge in [0, 0.05) is 42.8 Å². The molecule has 6 rings (SSSR count). The molecule has 0 bridgehead atoms. The maximum absolute atomic E-state index is 14.5. The number of benzene rings is 5. The summed E-state index contributed by atoms with van der Waals surface area (Å²) in [6, 6.07) is 21.2. The van der Waals surface area contributed by atoms with Crippen LogP contribution in [0.3, 0.4) is 0 Å². The second-order valence-corrected chi connectivity index (χ2v) is 23.0. The summed E-state index contributed by atoms with van der Waals surface area (Å²) in [5, 5.41) is 21.6. The normalized spacial score (nSPS) is 12.3. The van der Waals surface area contributed by atoms with Crippen LogP contribution in [0, 0.1) is 0 Å². The first-order valence-corrected chi connectivity index (χ1v) is 31.7. The van der Waals surface area contributed by atoms with Crippen LogP contribution in [-0.2, 0) is 49.7 Å². The van der Waals surface area contributed by atoms with Gasteiger partial charge in [-0.3, -0.25) is 43.2 Å². The van der Waals surface area contributed by atoms with Crippen LogP contribution in [0.4, 0.5) is 0 Å². The van der Waals surface area contributed by atoms with Crippen molar-refractivity contribution >= 4 is 69.5 Å². The maximum Gasteiger partial charge on any atom is 0.341 e. The fourth-order valence-electron chi connectivity index (χ4n) is 11.0. The summed E-state index contributed by atoms with van der Waals surface area (Å²) in [6.07, 6.45) is 5.58. The minimum atomic E-state index is -1.34. The molecule has 0 saturated heterocycles. The zero-order valence-corrected chi connectivity index (χ0v) is 54.0. The summed E-state index contributed by atoms with van der Waals surface area (Å²) in [7, 11) is 4.11. The van der Waals surface area contributed by atoms with Gasteiger partial charge in [-0.1, -0.05) is 42.5 Å². The predicted octanol–water partition coefficient (Wildman–Crippen LogP) is 4.91. The summed E-state index contributed by atoms with van der Waals surface area (Å²) in [5.41, 5.74) is 31.4. The highest BCUT2D eigenvalue weighted by molar-refractivity contribution is 6.08. The number of fused-ring (bicyclic) bond motifs is 1. The molecule has 0 saturated carbocycles. The number of para-hydroxylation sites is 1. The number of ketones is 4. The lowest BCUT2D eigenvalue weighted by Crippen LogP contribution is -2.42. The van der Waals surface area contributed by atoms with E-state index < -0.39 is 83.6 Å². The summed E-state index contributed by atoms with van der Waals surface area (Å²) in [4.78, 5) is 141. The van der Waals surface area contributed by atoms with E-state index in [1.807, 2.05) is 24.3 Å². The van der Waals surface area contributed by atoms with Crippen molar-refractivity contribution in [2.24, 2.45) is 28.7 Å². The molecule has 1 aromatic heterocycles. The number of nitrogens with one attached hydrogen (secondary N) is 5. The number of hydrogen-bond donors (Lipinski definition) is 11. The van der Waals surface area contributed by atoms with Crippen molar-refractivity contribution in [1.29, 1.82) is 0 Å². The number of hydrogen-bond acceptors (Lipinski definition) is 18. The van der Waals surface area contributed by atoms with Crippen LogP contribution < -0.4 is 68.9 Å². The lowest BCUT2D eigenvalue weighted by atomic mass is 9.95. The molecule has 508 valence electrons. The topological polar surface area (TPSA) is 422 Å². The number of H-pyrrole nitrogens is 1. The van der Waals surface area contributed by atoms with Crippen LogP contribution in [0.1, 0.15) is 151 Å². The first-order chi connectivity index (χ1) is 45.7. The van der Waals surface area contributed by atoms with Gasteiger partial charge in [-0.15, -0.1) is 0 Å². The Morgan fingerprint density at radius 1 is 0.421 bits per heavy atom. The Kier molecular flexibility index (Phi) is 29.5. The summed E-state index contributed by atoms with van der Waals surface area (Å²) < 4.78 is 22.0. The Hall–Kier alpha value is -9.82. The third-order valence-corrected chi connectivity index (χ3v) is 16.1. The number of Topliss-reactive ketones (excluding diaryl/α,β-unsaturated/α-hetero) is 4. The molecular formula is C70H88N10O15. The number of ether oxygens (including phenoxy) is 4.